The highest BCUT2D eigenvalue weighted by molar-refractivity contribution is 6.31. The second-order valence-electron chi connectivity index (χ2n) is 5.13. The van der Waals surface area contributed by atoms with Crippen LogP contribution in [0.2, 0.25) is 5.02 Å². The summed E-state index contributed by atoms with van der Waals surface area (Å²) in [5.41, 5.74) is 0.841. The largest absolute Gasteiger partial charge is 0.482 e. The third-order valence-electron chi connectivity index (χ3n) is 3.18. The number of carbonyl (C=O) groups is 2. The molecule has 0 aliphatic rings. The summed E-state index contributed by atoms with van der Waals surface area (Å²) < 4.78 is 15.4. The van der Waals surface area contributed by atoms with Crippen molar-refractivity contribution < 1.29 is 23.5 Å². The van der Waals surface area contributed by atoms with Gasteiger partial charge in [-0.05, 0) is 49.7 Å². The van der Waals surface area contributed by atoms with Crippen LogP contribution in [0.25, 0.3) is 0 Å². The molecule has 0 bridgehead atoms. The third-order valence-corrected chi connectivity index (χ3v) is 3.60. The van der Waals surface area contributed by atoms with Crippen LogP contribution >= 0.6 is 11.6 Å². The van der Waals surface area contributed by atoms with E-state index < -0.39 is 18.0 Å². The molecular weight excluding hydrogens is 334 g/mol. The van der Waals surface area contributed by atoms with Gasteiger partial charge in [-0.1, -0.05) is 11.6 Å². The van der Waals surface area contributed by atoms with Crippen LogP contribution in [0.3, 0.4) is 0 Å². The predicted molar refractivity (Wildman–Crippen MR) is 87.8 cm³/mol. The van der Waals surface area contributed by atoms with Crippen molar-refractivity contribution >= 4 is 23.5 Å². The molecule has 7 heteroatoms. The van der Waals surface area contributed by atoms with Gasteiger partial charge >= 0.3 is 5.97 Å². The van der Waals surface area contributed by atoms with Crippen molar-refractivity contribution in [2.24, 2.45) is 0 Å². The minimum Gasteiger partial charge on any atom is -0.482 e. The van der Waals surface area contributed by atoms with Crippen LogP contribution in [-0.2, 0) is 20.9 Å². The number of ether oxygens (including phenoxy) is 2. The Hall–Kier alpha value is -2.47. The Morgan fingerprint density at radius 3 is 2.79 bits per heavy atom. The Bertz CT molecular complexity index is 699. The Kier molecular flexibility index (Phi) is 6.26. The molecule has 1 N–H and O–H groups in total. The van der Waals surface area contributed by atoms with Gasteiger partial charge in [0.1, 0.15) is 11.5 Å². The third kappa shape index (κ3) is 5.31. The standard InChI is InChI=1S/C17H18ClNO5/c1-11-8-13(5-6-15(11)18)23-10-16(20)24-12(2)17(21)19-9-14-4-3-7-22-14/h3-8,12H,9-10H2,1-2H3,(H,19,21)/t12-/m0/s1. The summed E-state index contributed by atoms with van der Waals surface area (Å²) in [6, 6.07) is 8.51. The molecule has 1 amide bonds. The van der Waals surface area contributed by atoms with Crippen LogP contribution in [0, 0.1) is 6.92 Å². The summed E-state index contributed by atoms with van der Waals surface area (Å²) >= 11 is 5.92. The van der Waals surface area contributed by atoms with Crippen molar-refractivity contribution in [2.75, 3.05) is 6.61 Å². The quantitative estimate of drug-likeness (QED) is 0.776. The molecule has 6 nitrogen and oxygen atoms in total. The van der Waals surface area contributed by atoms with Crippen molar-refractivity contribution in [1.82, 2.24) is 5.32 Å². The molecule has 2 aromatic rings. The number of hydrogen-bond donors (Lipinski definition) is 1. The van der Waals surface area contributed by atoms with Gasteiger partial charge in [0.05, 0.1) is 12.8 Å². The Morgan fingerprint density at radius 2 is 2.12 bits per heavy atom. The van der Waals surface area contributed by atoms with E-state index in [-0.39, 0.29) is 13.2 Å². The average Bonchev–Trinajstić information content (AvgIpc) is 3.07. The zero-order chi connectivity index (χ0) is 17.5. The molecule has 0 unspecified atom stereocenters. The Labute approximate surface area is 144 Å². The van der Waals surface area contributed by atoms with E-state index in [1.165, 1.54) is 13.2 Å². The van der Waals surface area contributed by atoms with E-state index in [1.54, 1.807) is 30.3 Å². The smallest absolute Gasteiger partial charge is 0.344 e. The van der Waals surface area contributed by atoms with E-state index in [0.717, 1.165) is 5.56 Å². The van der Waals surface area contributed by atoms with Crippen molar-refractivity contribution in [3.05, 3.63) is 52.9 Å². The fourth-order valence-electron chi connectivity index (χ4n) is 1.87. The van der Waals surface area contributed by atoms with Gasteiger partial charge in [0, 0.05) is 5.02 Å². The molecule has 128 valence electrons. The lowest BCUT2D eigenvalue weighted by Gasteiger charge is -2.13. The van der Waals surface area contributed by atoms with Crippen LogP contribution in [0.15, 0.2) is 41.0 Å². The number of halogens is 1. The van der Waals surface area contributed by atoms with Gasteiger partial charge in [-0.25, -0.2) is 4.79 Å². The van der Waals surface area contributed by atoms with Crippen molar-refractivity contribution in [3.63, 3.8) is 0 Å². The number of esters is 1. The monoisotopic (exact) mass is 351 g/mol. The second kappa shape index (κ2) is 8.40. The zero-order valence-corrected chi connectivity index (χ0v) is 14.1. The molecule has 2 rings (SSSR count). The first-order valence-corrected chi connectivity index (χ1v) is 7.72. The average molecular weight is 352 g/mol. The number of rotatable bonds is 7. The van der Waals surface area contributed by atoms with E-state index in [4.69, 9.17) is 25.5 Å². The fourth-order valence-corrected chi connectivity index (χ4v) is 1.98. The minimum absolute atomic E-state index is 0.230. The SMILES string of the molecule is Cc1cc(OCC(=O)O[C@@H](C)C(=O)NCc2ccco2)ccc1Cl. The topological polar surface area (TPSA) is 77.8 Å². The molecule has 1 heterocycles. The van der Waals surface area contributed by atoms with Crippen LogP contribution in [-0.4, -0.2) is 24.6 Å². The lowest BCUT2D eigenvalue weighted by atomic mass is 10.2. The summed E-state index contributed by atoms with van der Waals surface area (Å²) in [6.45, 7) is 3.26. The van der Waals surface area contributed by atoms with Crippen LogP contribution in [0.1, 0.15) is 18.2 Å². The molecule has 1 aromatic heterocycles. The van der Waals surface area contributed by atoms with E-state index >= 15 is 0 Å². The molecule has 0 aliphatic carbocycles. The lowest BCUT2D eigenvalue weighted by molar-refractivity contribution is -0.156. The number of nitrogens with one attached hydrogen (secondary N) is 1. The zero-order valence-electron chi connectivity index (χ0n) is 13.4. The van der Waals surface area contributed by atoms with Gasteiger partial charge in [-0.2, -0.15) is 0 Å². The van der Waals surface area contributed by atoms with Crippen molar-refractivity contribution in [1.29, 1.82) is 0 Å². The highest BCUT2D eigenvalue weighted by Crippen LogP contribution is 2.20. The first-order chi connectivity index (χ1) is 11.5. The molecule has 1 atom stereocenters. The molecular formula is C17H18ClNO5. The first-order valence-electron chi connectivity index (χ1n) is 7.34. The maximum absolute atomic E-state index is 11.8. The van der Waals surface area contributed by atoms with E-state index in [9.17, 15) is 9.59 Å². The molecule has 0 saturated heterocycles. The summed E-state index contributed by atoms with van der Waals surface area (Å²) in [6.07, 6.45) is 0.587. The maximum Gasteiger partial charge on any atom is 0.344 e. The minimum atomic E-state index is -0.928. The number of carbonyl (C=O) groups excluding carboxylic acids is 2. The number of benzene rings is 1. The number of furan rings is 1. The van der Waals surface area contributed by atoms with E-state index in [1.807, 2.05) is 6.92 Å². The van der Waals surface area contributed by atoms with E-state index in [0.29, 0.717) is 16.5 Å². The van der Waals surface area contributed by atoms with Crippen molar-refractivity contribution in [2.45, 2.75) is 26.5 Å². The number of hydrogen-bond acceptors (Lipinski definition) is 5. The van der Waals surface area contributed by atoms with Gasteiger partial charge in [0.15, 0.2) is 12.7 Å². The van der Waals surface area contributed by atoms with Crippen LogP contribution < -0.4 is 10.1 Å². The van der Waals surface area contributed by atoms with Crippen molar-refractivity contribution in [3.8, 4) is 5.75 Å². The maximum atomic E-state index is 11.8. The highest BCUT2D eigenvalue weighted by Gasteiger charge is 2.18. The Balaban J connectivity index is 1.74. The number of aryl methyl sites for hydroxylation is 1. The van der Waals surface area contributed by atoms with Crippen LogP contribution in [0.5, 0.6) is 5.75 Å². The second-order valence-corrected chi connectivity index (χ2v) is 5.54. The summed E-state index contributed by atoms with van der Waals surface area (Å²) in [7, 11) is 0. The molecule has 0 saturated carbocycles. The van der Waals surface area contributed by atoms with Gasteiger partial charge in [-0.15, -0.1) is 0 Å². The number of amides is 1. The fraction of sp³-hybridized carbons (Fsp3) is 0.294. The summed E-state index contributed by atoms with van der Waals surface area (Å²) in [5.74, 6) is 0.0671. The van der Waals surface area contributed by atoms with E-state index in [2.05, 4.69) is 5.32 Å². The molecule has 1 aromatic carbocycles. The van der Waals surface area contributed by atoms with Crippen LogP contribution in [0.4, 0.5) is 0 Å². The first kappa shape index (κ1) is 17.9. The molecule has 0 aliphatic heterocycles. The van der Waals surface area contributed by atoms with Gasteiger partial charge < -0.3 is 19.2 Å². The summed E-state index contributed by atoms with van der Waals surface area (Å²) in [4.78, 5) is 23.6. The molecule has 24 heavy (non-hydrogen) atoms. The molecule has 0 fully saturated rings. The summed E-state index contributed by atoms with van der Waals surface area (Å²) in [5, 5.41) is 3.23. The normalized spacial score (nSPS) is 11.6. The van der Waals surface area contributed by atoms with Gasteiger partial charge in [0.25, 0.3) is 5.91 Å². The predicted octanol–water partition coefficient (Wildman–Crippen LogP) is 2.87. The molecule has 0 spiro atoms. The Morgan fingerprint density at radius 1 is 1.33 bits per heavy atom. The van der Waals surface area contributed by atoms with Gasteiger partial charge in [-0.3, -0.25) is 4.79 Å². The van der Waals surface area contributed by atoms with Gasteiger partial charge in [0.2, 0.25) is 0 Å². The lowest BCUT2D eigenvalue weighted by Crippen LogP contribution is -2.36. The highest BCUT2D eigenvalue weighted by atomic mass is 35.5. The molecule has 0 radical (unpaired) electrons.